The first-order valence-corrected chi connectivity index (χ1v) is 7.48. The summed E-state index contributed by atoms with van der Waals surface area (Å²) in [7, 11) is 0. The Balaban J connectivity index is 2.10. The molecule has 2 aromatic rings. The third kappa shape index (κ3) is 2.46. The molecule has 1 aliphatic rings. The fourth-order valence-electron chi connectivity index (χ4n) is 3.23. The number of piperidine rings is 1. The van der Waals surface area contributed by atoms with E-state index in [0.717, 1.165) is 36.0 Å². The molecular formula is C17H21N3O. The molecule has 0 spiro atoms. The van der Waals surface area contributed by atoms with Crippen LogP contribution in [0.15, 0.2) is 24.3 Å². The molecule has 1 aliphatic heterocycles. The second kappa shape index (κ2) is 5.35. The van der Waals surface area contributed by atoms with Gasteiger partial charge >= 0.3 is 0 Å². The van der Waals surface area contributed by atoms with Crippen molar-refractivity contribution in [1.29, 1.82) is 0 Å². The van der Waals surface area contributed by atoms with E-state index in [0.29, 0.717) is 6.54 Å². The van der Waals surface area contributed by atoms with Crippen molar-refractivity contribution in [2.75, 3.05) is 18.0 Å². The van der Waals surface area contributed by atoms with E-state index in [4.69, 9.17) is 5.73 Å². The van der Waals surface area contributed by atoms with E-state index < -0.39 is 0 Å². The number of fused-ring (bicyclic) bond motifs is 1. The number of hydrogen-bond donors (Lipinski definition) is 1. The second-order valence-corrected chi connectivity index (χ2v) is 5.88. The Labute approximate surface area is 125 Å². The van der Waals surface area contributed by atoms with Gasteiger partial charge in [0.05, 0.1) is 17.1 Å². The normalized spacial score (nSPS) is 19.0. The number of primary amides is 1. The molecule has 3 rings (SSSR count). The first kappa shape index (κ1) is 13.9. The van der Waals surface area contributed by atoms with Crippen molar-refractivity contribution in [2.45, 2.75) is 26.7 Å². The SMILES string of the molecule is Cc1nc2ccccc2c(N2CCC[C@@H](C(N)=O)C2)c1C. The predicted molar refractivity (Wildman–Crippen MR) is 85.3 cm³/mol. The van der Waals surface area contributed by atoms with Crippen LogP contribution < -0.4 is 10.6 Å². The zero-order valence-corrected chi connectivity index (χ0v) is 12.6. The van der Waals surface area contributed by atoms with Gasteiger partial charge < -0.3 is 10.6 Å². The van der Waals surface area contributed by atoms with Gasteiger partial charge in [-0.1, -0.05) is 18.2 Å². The smallest absolute Gasteiger partial charge is 0.222 e. The minimum Gasteiger partial charge on any atom is -0.370 e. The van der Waals surface area contributed by atoms with E-state index in [1.165, 1.54) is 11.3 Å². The van der Waals surface area contributed by atoms with Crippen LogP contribution in [0, 0.1) is 19.8 Å². The maximum absolute atomic E-state index is 11.5. The number of aromatic nitrogens is 1. The number of carbonyl (C=O) groups is 1. The Morgan fingerprint density at radius 3 is 2.86 bits per heavy atom. The van der Waals surface area contributed by atoms with Crippen molar-refractivity contribution < 1.29 is 4.79 Å². The van der Waals surface area contributed by atoms with Crippen molar-refractivity contribution in [3.05, 3.63) is 35.5 Å². The summed E-state index contributed by atoms with van der Waals surface area (Å²) in [6.07, 6.45) is 1.90. The van der Waals surface area contributed by atoms with Gasteiger partial charge in [0.1, 0.15) is 0 Å². The van der Waals surface area contributed by atoms with Gasteiger partial charge in [0.25, 0.3) is 0 Å². The molecule has 1 amide bonds. The molecule has 4 heteroatoms. The Morgan fingerprint density at radius 1 is 1.33 bits per heavy atom. The predicted octanol–water partition coefficient (Wildman–Crippen LogP) is 2.55. The summed E-state index contributed by atoms with van der Waals surface area (Å²) in [6.45, 7) is 5.83. The minimum atomic E-state index is -0.188. The summed E-state index contributed by atoms with van der Waals surface area (Å²) >= 11 is 0. The quantitative estimate of drug-likeness (QED) is 0.921. The number of aryl methyl sites for hydroxylation is 1. The molecule has 4 nitrogen and oxygen atoms in total. The van der Waals surface area contributed by atoms with Crippen molar-refractivity contribution in [3.63, 3.8) is 0 Å². The lowest BCUT2D eigenvalue weighted by Crippen LogP contribution is -2.41. The molecule has 1 aromatic heterocycles. The standard InChI is InChI=1S/C17H21N3O/c1-11-12(2)19-15-8-4-3-7-14(15)16(11)20-9-5-6-13(10-20)17(18)21/h3-4,7-8,13H,5-6,9-10H2,1-2H3,(H2,18,21)/t13-/m1/s1. The summed E-state index contributed by atoms with van der Waals surface area (Å²) in [5.74, 6) is -0.238. The van der Waals surface area contributed by atoms with Crippen LogP contribution in [0.5, 0.6) is 0 Å². The zero-order valence-electron chi connectivity index (χ0n) is 12.6. The molecule has 2 heterocycles. The van der Waals surface area contributed by atoms with Gasteiger partial charge in [-0.2, -0.15) is 0 Å². The van der Waals surface area contributed by atoms with E-state index >= 15 is 0 Å². The average Bonchev–Trinajstić information content (AvgIpc) is 2.48. The van der Waals surface area contributed by atoms with Gasteiger partial charge in [-0.15, -0.1) is 0 Å². The number of para-hydroxylation sites is 1. The van der Waals surface area contributed by atoms with E-state index in [2.05, 4.69) is 22.9 Å². The molecule has 2 N–H and O–H groups in total. The number of benzene rings is 1. The van der Waals surface area contributed by atoms with Gasteiger partial charge in [0.15, 0.2) is 0 Å². The van der Waals surface area contributed by atoms with Crippen LogP contribution >= 0.6 is 0 Å². The van der Waals surface area contributed by atoms with E-state index in [1.54, 1.807) is 0 Å². The van der Waals surface area contributed by atoms with Gasteiger partial charge in [-0.05, 0) is 38.3 Å². The third-order valence-electron chi connectivity index (χ3n) is 4.49. The number of carbonyl (C=O) groups excluding carboxylic acids is 1. The lowest BCUT2D eigenvalue weighted by atomic mass is 9.95. The molecule has 1 aromatic carbocycles. The summed E-state index contributed by atoms with van der Waals surface area (Å²) in [5, 5.41) is 1.16. The Morgan fingerprint density at radius 2 is 2.10 bits per heavy atom. The number of hydrogen-bond acceptors (Lipinski definition) is 3. The first-order chi connectivity index (χ1) is 10.1. The largest absolute Gasteiger partial charge is 0.370 e. The molecular weight excluding hydrogens is 262 g/mol. The van der Waals surface area contributed by atoms with Crippen LogP contribution in [0.25, 0.3) is 10.9 Å². The molecule has 1 fully saturated rings. The highest BCUT2D eigenvalue weighted by atomic mass is 16.1. The van der Waals surface area contributed by atoms with Gasteiger partial charge in [0.2, 0.25) is 5.91 Å². The van der Waals surface area contributed by atoms with Crippen LogP contribution in [-0.2, 0) is 4.79 Å². The number of nitrogens with zero attached hydrogens (tertiary/aromatic N) is 2. The average molecular weight is 283 g/mol. The van der Waals surface area contributed by atoms with Crippen LogP contribution in [0.4, 0.5) is 5.69 Å². The zero-order chi connectivity index (χ0) is 15.0. The maximum atomic E-state index is 11.5. The molecule has 0 aliphatic carbocycles. The maximum Gasteiger partial charge on any atom is 0.222 e. The fraction of sp³-hybridized carbons (Fsp3) is 0.412. The summed E-state index contributed by atoms with van der Waals surface area (Å²) in [6, 6.07) is 8.20. The monoisotopic (exact) mass is 283 g/mol. The molecule has 0 saturated carbocycles. The molecule has 110 valence electrons. The van der Waals surface area contributed by atoms with Crippen LogP contribution in [0.3, 0.4) is 0 Å². The Hall–Kier alpha value is -2.10. The molecule has 1 atom stereocenters. The number of nitrogens with two attached hydrogens (primary N) is 1. The lowest BCUT2D eigenvalue weighted by Gasteiger charge is -2.35. The van der Waals surface area contributed by atoms with Crippen molar-refractivity contribution in [2.24, 2.45) is 11.7 Å². The topological polar surface area (TPSA) is 59.2 Å². The van der Waals surface area contributed by atoms with E-state index in [1.807, 2.05) is 25.1 Å². The molecule has 0 radical (unpaired) electrons. The molecule has 0 bridgehead atoms. The Bertz CT molecular complexity index is 696. The second-order valence-electron chi connectivity index (χ2n) is 5.88. The minimum absolute atomic E-state index is 0.0506. The molecule has 1 saturated heterocycles. The summed E-state index contributed by atoms with van der Waals surface area (Å²) in [5.41, 5.74) is 9.97. The summed E-state index contributed by atoms with van der Waals surface area (Å²) < 4.78 is 0. The number of amides is 1. The van der Waals surface area contributed by atoms with Gasteiger partial charge in [-0.25, -0.2) is 0 Å². The van der Waals surface area contributed by atoms with E-state index in [-0.39, 0.29) is 11.8 Å². The highest BCUT2D eigenvalue weighted by molar-refractivity contribution is 5.94. The summed E-state index contributed by atoms with van der Waals surface area (Å²) in [4.78, 5) is 18.5. The highest BCUT2D eigenvalue weighted by Gasteiger charge is 2.26. The Kier molecular flexibility index (Phi) is 3.53. The van der Waals surface area contributed by atoms with Gasteiger partial charge in [0, 0.05) is 24.2 Å². The van der Waals surface area contributed by atoms with Crippen molar-refractivity contribution >= 4 is 22.5 Å². The van der Waals surface area contributed by atoms with Crippen LogP contribution in [0.2, 0.25) is 0 Å². The van der Waals surface area contributed by atoms with Crippen molar-refractivity contribution in [3.8, 4) is 0 Å². The molecule has 21 heavy (non-hydrogen) atoms. The fourth-order valence-corrected chi connectivity index (χ4v) is 3.23. The number of rotatable bonds is 2. The van der Waals surface area contributed by atoms with Gasteiger partial charge in [-0.3, -0.25) is 9.78 Å². The third-order valence-corrected chi connectivity index (χ3v) is 4.49. The van der Waals surface area contributed by atoms with Crippen LogP contribution in [-0.4, -0.2) is 24.0 Å². The lowest BCUT2D eigenvalue weighted by molar-refractivity contribution is -0.122. The van der Waals surface area contributed by atoms with Crippen molar-refractivity contribution in [1.82, 2.24) is 4.98 Å². The van der Waals surface area contributed by atoms with Crippen LogP contribution in [0.1, 0.15) is 24.1 Å². The first-order valence-electron chi connectivity index (χ1n) is 7.48. The number of anilines is 1. The highest BCUT2D eigenvalue weighted by Crippen LogP contribution is 2.33. The van der Waals surface area contributed by atoms with E-state index in [9.17, 15) is 4.79 Å². The number of pyridine rings is 1. The molecule has 0 unspecified atom stereocenters.